The van der Waals surface area contributed by atoms with Gasteiger partial charge in [-0.25, -0.2) is 0 Å². The summed E-state index contributed by atoms with van der Waals surface area (Å²) >= 11 is 1.24. The van der Waals surface area contributed by atoms with Crippen LogP contribution in [0.4, 0.5) is 18.9 Å². The number of alkyl halides is 3. The number of hydrogen-bond donors (Lipinski definition) is 1. The van der Waals surface area contributed by atoms with Gasteiger partial charge in [0.05, 0.1) is 19.1 Å². The van der Waals surface area contributed by atoms with Crippen molar-refractivity contribution in [3.8, 4) is 0 Å². The summed E-state index contributed by atoms with van der Waals surface area (Å²) in [6.07, 6.45) is -4.24. The number of nitrogens with two attached hydrogens (primary N) is 1. The Bertz CT molecular complexity index is 449. The van der Waals surface area contributed by atoms with E-state index in [2.05, 4.69) is 4.74 Å². The highest BCUT2D eigenvalue weighted by Gasteiger charge is 2.33. The van der Waals surface area contributed by atoms with Crippen LogP contribution < -0.4 is 5.73 Å². The van der Waals surface area contributed by atoms with E-state index in [4.69, 9.17) is 5.73 Å². The van der Waals surface area contributed by atoms with E-state index in [9.17, 15) is 18.0 Å². The maximum absolute atomic E-state index is 12.8. The summed E-state index contributed by atoms with van der Waals surface area (Å²) < 4.78 is 42.8. The molecule has 2 N–H and O–H groups in total. The van der Waals surface area contributed by atoms with Crippen molar-refractivity contribution >= 4 is 23.4 Å². The van der Waals surface area contributed by atoms with Crippen LogP contribution in [0.2, 0.25) is 0 Å². The minimum atomic E-state index is -4.42. The molecule has 0 atom stereocenters. The van der Waals surface area contributed by atoms with Crippen LogP contribution in [0.15, 0.2) is 18.2 Å². The molecule has 0 spiro atoms. The monoisotopic (exact) mass is 293 g/mol. The van der Waals surface area contributed by atoms with Crippen LogP contribution in [0.1, 0.15) is 17.5 Å². The van der Waals surface area contributed by atoms with E-state index in [0.717, 1.165) is 6.07 Å². The van der Waals surface area contributed by atoms with E-state index in [1.54, 1.807) is 0 Å². The van der Waals surface area contributed by atoms with Crippen molar-refractivity contribution in [1.29, 1.82) is 0 Å². The summed E-state index contributed by atoms with van der Waals surface area (Å²) in [7, 11) is 1.27. The number of thioether (sulfide) groups is 1. The van der Waals surface area contributed by atoms with Gasteiger partial charge in [-0.15, -0.1) is 0 Å². The number of carbonyl (C=O) groups excluding carboxylic acids is 1. The number of carbonyl (C=O) groups is 1. The number of halogens is 3. The van der Waals surface area contributed by atoms with Crippen molar-refractivity contribution in [2.75, 3.05) is 18.6 Å². The van der Waals surface area contributed by atoms with Crippen LogP contribution in [0.3, 0.4) is 0 Å². The molecule has 1 aromatic carbocycles. The first kappa shape index (κ1) is 15.7. The molecule has 0 amide bonds. The molecule has 0 aliphatic rings. The number of hydrogen-bond acceptors (Lipinski definition) is 4. The number of methoxy groups -OCH3 is 1. The van der Waals surface area contributed by atoms with E-state index in [0.29, 0.717) is 5.75 Å². The molecule has 0 radical (unpaired) electrons. The van der Waals surface area contributed by atoms with E-state index in [-0.39, 0.29) is 29.4 Å². The third-order valence-electron chi connectivity index (χ3n) is 2.38. The molecule has 0 fully saturated rings. The Morgan fingerprint density at radius 1 is 1.42 bits per heavy atom. The van der Waals surface area contributed by atoms with E-state index in [1.807, 2.05) is 0 Å². The van der Waals surface area contributed by atoms with Gasteiger partial charge in [-0.2, -0.15) is 24.9 Å². The van der Waals surface area contributed by atoms with Crippen LogP contribution in [-0.2, 0) is 21.5 Å². The van der Waals surface area contributed by atoms with Crippen molar-refractivity contribution in [3.05, 3.63) is 29.3 Å². The van der Waals surface area contributed by atoms with Gasteiger partial charge in [-0.05, 0) is 17.7 Å². The van der Waals surface area contributed by atoms with Crippen molar-refractivity contribution in [2.24, 2.45) is 0 Å². The molecule has 0 unspecified atom stereocenters. The second kappa shape index (κ2) is 6.70. The summed E-state index contributed by atoms with van der Waals surface area (Å²) in [6.45, 7) is 0. The van der Waals surface area contributed by atoms with Crippen molar-refractivity contribution in [1.82, 2.24) is 0 Å². The smallest absolute Gasteiger partial charge is 0.416 e. The molecule has 1 aromatic rings. The second-order valence-electron chi connectivity index (χ2n) is 3.79. The highest BCUT2D eigenvalue weighted by Crippen LogP contribution is 2.34. The lowest BCUT2D eigenvalue weighted by atomic mass is 10.1. The summed E-state index contributed by atoms with van der Waals surface area (Å²) in [6, 6.07) is 3.73. The highest BCUT2D eigenvalue weighted by atomic mass is 32.2. The maximum Gasteiger partial charge on any atom is 0.416 e. The standard InChI is InChI=1S/C12H14F3NO2S/c1-18-11(17)4-5-19-7-8-2-3-9(16)6-10(8)12(13,14)15/h2-3,6H,4-5,7,16H2,1H3. The van der Waals surface area contributed by atoms with Gasteiger partial charge >= 0.3 is 12.1 Å². The van der Waals surface area contributed by atoms with Gasteiger partial charge in [0.2, 0.25) is 0 Å². The molecule has 19 heavy (non-hydrogen) atoms. The fourth-order valence-electron chi connectivity index (χ4n) is 1.42. The molecule has 0 saturated carbocycles. The number of ether oxygens (including phenoxy) is 1. The molecule has 0 saturated heterocycles. The van der Waals surface area contributed by atoms with Crippen LogP contribution in [-0.4, -0.2) is 18.8 Å². The van der Waals surface area contributed by atoms with Gasteiger partial charge in [-0.3, -0.25) is 4.79 Å². The fraction of sp³-hybridized carbons (Fsp3) is 0.417. The average molecular weight is 293 g/mol. The topological polar surface area (TPSA) is 52.3 Å². The molecule has 0 aliphatic carbocycles. The first-order chi connectivity index (χ1) is 8.84. The molecule has 0 bridgehead atoms. The minimum Gasteiger partial charge on any atom is -0.469 e. The predicted octanol–water partition coefficient (Wildman–Crippen LogP) is 3.08. The normalized spacial score (nSPS) is 11.4. The third kappa shape index (κ3) is 5.02. The van der Waals surface area contributed by atoms with Gasteiger partial charge in [-0.1, -0.05) is 6.07 Å². The summed E-state index contributed by atoms with van der Waals surface area (Å²) in [5, 5.41) is 0. The second-order valence-corrected chi connectivity index (χ2v) is 4.90. The van der Waals surface area contributed by atoms with E-state index < -0.39 is 11.7 Å². The molecule has 0 aliphatic heterocycles. The Labute approximate surface area is 113 Å². The van der Waals surface area contributed by atoms with Gasteiger partial charge in [0.1, 0.15) is 0 Å². The zero-order valence-electron chi connectivity index (χ0n) is 10.3. The van der Waals surface area contributed by atoms with E-state index in [1.165, 1.54) is 31.0 Å². The summed E-state index contributed by atoms with van der Waals surface area (Å²) in [4.78, 5) is 10.9. The first-order valence-corrected chi connectivity index (χ1v) is 6.60. The fourth-order valence-corrected chi connectivity index (χ4v) is 2.35. The summed E-state index contributed by atoms with van der Waals surface area (Å²) in [5.41, 5.74) is 4.89. The van der Waals surface area contributed by atoms with Gasteiger partial charge in [0.25, 0.3) is 0 Å². The Balaban J connectivity index is 2.66. The van der Waals surface area contributed by atoms with Crippen molar-refractivity contribution < 1.29 is 22.7 Å². The molecule has 0 heterocycles. The zero-order chi connectivity index (χ0) is 14.5. The van der Waals surface area contributed by atoms with Gasteiger partial charge in [0.15, 0.2) is 0 Å². The first-order valence-electron chi connectivity index (χ1n) is 5.44. The predicted molar refractivity (Wildman–Crippen MR) is 68.7 cm³/mol. The molecule has 1 rings (SSSR count). The number of esters is 1. The molecule has 7 heteroatoms. The quantitative estimate of drug-likeness (QED) is 0.515. The number of anilines is 1. The largest absolute Gasteiger partial charge is 0.469 e. The zero-order valence-corrected chi connectivity index (χ0v) is 11.1. The van der Waals surface area contributed by atoms with E-state index >= 15 is 0 Å². The van der Waals surface area contributed by atoms with Crippen LogP contribution in [0.5, 0.6) is 0 Å². The Kier molecular flexibility index (Phi) is 5.53. The van der Waals surface area contributed by atoms with Crippen molar-refractivity contribution in [3.63, 3.8) is 0 Å². The van der Waals surface area contributed by atoms with Crippen molar-refractivity contribution in [2.45, 2.75) is 18.3 Å². The van der Waals surface area contributed by atoms with Crippen LogP contribution in [0, 0.1) is 0 Å². The lowest BCUT2D eigenvalue weighted by Crippen LogP contribution is -2.09. The summed E-state index contributed by atoms with van der Waals surface area (Å²) in [5.74, 6) is 0.210. The molecule has 0 aromatic heterocycles. The molecule has 3 nitrogen and oxygen atoms in total. The Morgan fingerprint density at radius 2 is 2.11 bits per heavy atom. The third-order valence-corrected chi connectivity index (χ3v) is 3.38. The average Bonchev–Trinajstić information content (AvgIpc) is 2.34. The van der Waals surface area contributed by atoms with Crippen LogP contribution >= 0.6 is 11.8 Å². The number of benzene rings is 1. The number of nitrogen functional groups attached to an aromatic ring is 1. The number of rotatable bonds is 5. The van der Waals surface area contributed by atoms with Gasteiger partial charge < -0.3 is 10.5 Å². The maximum atomic E-state index is 12.8. The minimum absolute atomic E-state index is 0.0793. The SMILES string of the molecule is COC(=O)CCSCc1ccc(N)cc1C(F)(F)F. The van der Waals surface area contributed by atoms with Gasteiger partial charge in [0, 0.05) is 17.2 Å². The lowest BCUT2D eigenvalue weighted by Gasteiger charge is -2.13. The molecule has 106 valence electrons. The molecular formula is C12H14F3NO2S. The lowest BCUT2D eigenvalue weighted by molar-refractivity contribution is -0.140. The Hall–Kier alpha value is -1.37. The molecular weight excluding hydrogens is 279 g/mol. The Morgan fingerprint density at radius 3 is 2.68 bits per heavy atom. The van der Waals surface area contributed by atoms with Crippen LogP contribution in [0.25, 0.3) is 0 Å². The highest BCUT2D eigenvalue weighted by molar-refractivity contribution is 7.98.